The molecule has 0 saturated heterocycles. The van der Waals surface area contributed by atoms with Crippen molar-refractivity contribution in [2.45, 2.75) is 26.7 Å². The Kier molecular flexibility index (Phi) is 6.61. The van der Waals surface area contributed by atoms with Gasteiger partial charge in [0.15, 0.2) is 0 Å². The van der Waals surface area contributed by atoms with Gasteiger partial charge in [-0.3, -0.25) is 9.78 Å². The standard InChI is InChI=1S/C19H25N3O2/c1-4-12-22(13-5-2)19(23)17-14-15(10-11-20-17)21-16-8-6-7-9-18(16)24-3/h6-11,14H,4-5,12-13H2,1-3H3,(H,20,21). The highest BCUT2D eigenvalue weighted by Gasteiger charge is 2.16. The molecule has 1 aromatic heterocycles. The van der Waals surface area contributed by atoms with E-state index in [9.17, 15) is 4.79 Å². The Morgan fingerprint density at radius 3 is 2.54 bits per heavy atom. The van der Waals surface area contributed by atoms with Crippen molar-refractivity contribution in [3.8, 4) is 5.75 Å². The maximum Gasteiger partial charge on any atom is 0.272 e. The van der Waals surface area contributed by atoms with Gasteiger partial charge in [0.05, 0.1) is 12.8 Å². The van der Waals surface area contributed by atoms with E-state index in [4.69, 9.17) is 4.74 Å². The lowest BCUT2D eigenvalue weighted by Crippen LogP contribution is -2.33. The molecule has 0 bridgehead atoms. The summed E-state index contributed by atoms with van der Waals surface area (Å²) in [5.74, 6) is 0.725. The molecule has 2 rings (SSSR count). The third-order valence-corrected chi connectivity index (χ3v) is 3.64. The van der Waals surface area contributed by atoms with Crippen molar-refractivity contribution in [3.63, 3.8) is 0 Å². The average molecular weight is 327 g/mol. The van der Waals surface area contributed by atoms with E-state index in [1.165, 1.54) is 0 Å². The van der Waals surface area contributed by atoms with Crippen LogP contribution in [-0.4, -0.2) is 36.0 Å². The highest BCUT2D eigenvalue weighted by Crippen LogP contribution is 2.27. The van der Waals surface area contributed by atoms with Crippen LogP contribution in [0, 0.1) is 0 Å². The fourth-order valence-electron chi connectivity index (χ4n) is 2.55. The summed E-state index contributed by atoms with van der Waals surface area (Å²) in [6.07, 6.45) is 3.52. The summed E-state index contributed by atoms with van der Waals surface area (Å²) in [5, 5.41) is 3.29. The topological polar surface area (TPSA) is 54.5 Å². The first-order valence-electron chi connectivity index (χ1n) is 8.35. The van der Waals surface area contributed by atoms with Gasteiger partial charge in [0.2, 0.25) is 0 Å². The Bertz CT molecular complexity index is 667. The fourth-order valence-corrected chi connectivity index (χ4v) is 2.55. The van der Waals surface area contributed by atoms with Gasteiger partial charge in [0.1, 0.15) is 11.4 Å². The lowest BCUT2D eigenvalue weighted by atomic mass is 10.2. The van der Waals surface area contributed by atoms with Gasteiger partial charge in [-0.25, -0.2) is 0 Å². The van der Waals surface area contributed by atoms with Crippen LogP contribution in [0.1, 0.15) is 37.2 Å². The second-order valence-corrected chi connectivity index (χ2v) is 5.55. The third-order valence-electron chi connectivity index (χ3n) is 3.64. The lowest BCUT2D eigenvalue weighted by Gasteiger charge is -2.21. The molecule has 128 valence electrons. The van der Waals surface area contributed by atoms with Crippen LogP contribution < -0.4 is 10.1 Å². The first-order chi connectivity index (χ1) is 11.7. The highest BCUT2D eigenvalue weighted by molar-refractivity contribution is 5.93. The van der Waals surface area contributed by atoms with Crippen LogP contribution >= 0.6 is 0 Å². The van der Waals surface area contributed by atoms with E-state index in [-0.39, 0.29) is 5.91 Å². The number of anilines is 2. The number of ether oxygens (including phenoxy) is 1. The molecule has 1 aromatic carbocycles. The Morgan fingerprint density at radius 1 is 1.17 bits per heavy atom. The van der Waals surface area contributed by atoms with Crippen LogP contribution in [-0.2, 0) is 0 Å². The van der Waals surface area contributed by atoms with Gasteiger partial charge in [0.25, 0.3) is 5.91 Å². The molecule has 24 heavy (non-hydrogen) atoms. The largest absolute Gasteiger partial charge is 0.495 e. The molecule has 1 N–H and O–H groups in total. The number of carbonyl (C=O) groups excluding carboxylic acids is 1. The van der Waals surface area contributed by atoms with Gasteiger partial charge in [-0.05, 0) is 37.1 Å². The summed E-state index contributed by atoms with van der Waals surface area (Å²) in [6, 6.07) is 11.3. The molecule has 2 aromatic rings. The minimum absolute atomic E-state index is 0.0256. The molecule has 0 radical (unpaired) electrons. The van der Waals surface area contributed by atoms with Crippen LogP contribution in [0.2, 0.25) is 0 Å². The van der Waals surface area contributed by atoms with Crippen LogP contribution in [0.4, 0.5) is 11.4 Å². The summed E-state index contributed by atoms with van der Waals surface area (Å²) in [7, 11) is 1.63. The number of hydrogen-bond donors (Lipinski definition) is 1. The number of nitrogens with zero attached hydrogens (tertiary/aromatic N) is 2. The number of methoxy groups -OCH3 is 1. The lowest BCUT2D eigenvalue weighted by molar-refractivity contribution is 0.0749. The Hall–Kier alpha value is -2.56. The zero-order chi connectivity index (χ0) is 17.4. The summed E-state index contributed by atoms with van der Waals surface area (Å²) in [4.78, 5) is 18.8. The molecular formula is C19H25N3O2. The normalized spacial score (nSPS) is 10.3. The molecule has 0 aliphatic heterocycles. The Balaban J connectivity index is 2.20. The minimum atomic E-state index is -0.0256. The second-order valence-electron chi connectivity index (χ2n) is 5.55. The van der Waals surface area contributed by atoms with E-state index in [0.717, 1.165) is 43.1 Å². The van der Waals surface area contributed by atoms with E-state index in [1.807, 2.05) is 35.2 Å². The van der Waals surface area contributed by atoms with Crippen molar-refractivity contribution in [2.75, 3.05) is 25.5 Å². The van der Waals surface area contributed by atoms with Gasteiger partial charge < -0.3 is 15.0 Å². The number of amides is 1. The van der Waals surface area contributed by atoms with Crippen molar-refractivity contribution in [2.24, 2.45) is 0 Å². The molecule has 0 spiro atoms. The van der Waals surface area contributed by atoms with Gasteiger partial charge in [-0.1, -0.05) is 26.0 Å². The first kappa shape index (κ1) is 17.8. The van der Waals surface area contributed by atoms with Gasteiger partial charge in [-0.15, -0.1) is 0 Å². The molecule has 5 nitrogen and oxygen atoms in total. The summed E-state index contributed by atoms with van der Waals surface area (Å²) < 4.78 is 5.34. The van der Waals surface area contributed by atoms with Crippen molar-refractivity contribution in [3.05, 3.63) is 48.3 Å². The van der Waals surface area contributed by atoms with Crippen LogP contribution in [0.25, 0.3) is 0 Å². The van der Waals surface area contributed by atoms with Crippen LogP contribution in [0.3, 0.4) is 0 Å². The molecular weight excluding hydrogens is 302 g/mol. The number of aromatic nitrogens is 1. The second kappa shape index (κ2) is 8.91. The first-order valence-corrected chi connectivity index (χ1v) is 8.35. The number of hydrogen-bond acceptors (Lipinski definition) is 4. The van der Waals surface area contributed by atoms with Crippen molar-refractivity contribution in [1.29, 1.82) is 0 Å². The Labute approximate surface area is 143 Å². The maximum atomic E-state index is 12.7. The zero-order valence-electron chi connectivity index (χ0n) is 14.6. The third kappa shape index (κ3) is 4.47. The van der Waals surface area contributed by atoms with E-state index < -0.39 is 0 Å². The number of nitrogens with one attached hydrogen (secondary N) is 1. The smallest absolute Gasteiger partial charge is 0.272 e. The maximum absolute atomic E-state index is 12.7. The fraction of sp³-hybridized carbons (Fsp3) is 0.368. The van der Waals surface area contributed by atoms with Crippen molar-refractivity contribution >= 4 is 17.3 Å². The number of rotatable bonds is 8. The van der Waals surface area contributed by atoms with Crippen LogP contribution in [0.15, 0.2) is 42.6 Å². The van der Waals surface area contributed by atoms with E-state index >= 15 is 0 Å². The van der Waals surface area contributed by atoms with E-state index in [2.05, 4.69) is 24.1 Å². The summed E-state index contributed by atoms with van der Waals surface area (Å²) in [6.45, 7) is 5.64. The van der Waals surface area contributed by atoms with Crippen molar-refractivity contribution in [1.82, 2.24) is 9.88 Å². The van der Waals surface area contributed by atoms with Crippen LogP contribution in [0.5, 0.6) is 5.75 Å². The molecule has 5 heteroatoms. The van der Waals surface area contributed by atoms with Crippen molar-refractivity contribution < 1.29 is 9.53 Å². The summed E-state index contributed by atoms with van der Waals surface area (Å²) in [5.41, 5.74) is 2.12. The molecule has 0 unspecified atom stereocenters. The number of para-hydroxylation sites is 2. The number of benzene rings is 1. The quantitative estimate of drug-likeness (QED) is 0.793. The van der Waals surface area contributed by atoms with Gasteiger partial charge >= 0.3 is 0 Å². The van der Waals surface area contributed by atoms with Gasteiger partial charge in [-0.2, -0.15) is 0 Å². The SMILES string of the molecule is CCCN(CCC)C(=O)c1cc(Nc2ccccc2OC)ccn1. The molecule has 0 aliphatic carbocycles. The minimum Gasteiger partial charge on any atom is -0.495 e. The number of carbonyl (C=O) groups is 1. The molecule has 0 aliphatic rings. The molecule has 1 amide bonds. The highest BCUT2D eigenvalue weighted by atomic mass is 16.5. The predicted octanol–water partition coefficient (Wildman–Crippen LogP) is 4.10. The zero-order valence-corrected chi connectivity index (χ0v) is 14.6. The van der Waals surface area contributed by atoms with Gasteiger partial charge in [0, 0.05) is 25.0 Å². The molecule has 0 atom stereocenters. The average Bonchev–Trinajstić information content (AvgIpc) is 2.61. The molecule has 0 saturated carbocycles. The monoisotopic (exact) mass is 327 g/mol. The Morgan fingerprint density at radius 2 is 1.88 bits per heavy atom. The molecule has 1 heterocycles. The number of pyridine rings is 1. The van der Waals surface area contributed by atoms with E-state index in [1.54, 1.807) is 19.4 Å². The molecule has 0 fully saturated rings. The predicted molar refractivity (Wildman–Crippen MR) is 97.0 cm³/mol. The van der Waals surface area contributed by atoms with E-state index in [0.29, 0.717) is 5.69 Å². The summed E-state index contributed by atoms with van der Waals surface area (Å²) >= 11 is 0.